The van der Waals surface area contributed by atoms with Crippen LogP contribution in [0.1, 0.15) is 36.0 Å². The van der Waals surface area contributed by atoms with Crippen LogP contribution in [0.2, 0.25) is 0 Å². The Balaban J connectivity index is 1.82. The van der Waals surface area contributed by atoms with Gasteiger partial charge < -0.3 is 15.0 Å². The first-order valence-corrected chi connectivity index (χ1v) is 11.0. The molecule has 2 aromatic carbocycles. The summed E-state index contributed by atoms with van der Waals surface area (Å²) in [6, 6.07) is 9.65. The summed E-state index contributed by atoms with van der Waals surface area (Å²) in [4.78, 5) is 14.2. The number of anilines is 1. The zero-order valence-electron chi connectivity index (χ0n) is 16.9. The smallest absolute Gasteiger partial charge is 0.284 e. The fourth-order valence-corrected chi connectivity index (χ4v) is 4.32. The molecular weight excluding hydrogens is 409 g/mol. The second-order valence-corrected chi connectivity index (χ2v) is 8.65. The molecule has 1 amide bonds. The van der Waals surface area contributed by atoms with Crippen molar-refractivity contribution in [2.24, 2.45) is 4.40 Å². The zero-order valence-corrected chi connectivity index (χ0v) is 17.7. The van der Waals surface area contributed by atoms with E-state index >= 15 is 0 Å². The molecule has 0 aromatic heterocycles. The molecule has 2 aromatic rings. The number of amidine groups is 1. The number of sulfonamides is 1. The number of methoxy groups -OCH3 is 1. The maximum atomic E-state index is 14.1. The first kappa shape index (κ1) is 21.8. The van der Waals surface area contributed by atoms with Crippen LogP contribution in [-0.4, -0.2) is 45.8 Å². The molecule has 0 unspecified atom stereocenters. The third kappa shape index (κ3) is 5.15. The van der Waals surface area contributed by atoms with E-state index in [1.807, 2.05) is 11.9 Å². The number of nitrogens with zero attached hydrogens (tertiary/aromatic N) is 2. The van der Waals surface area contributed by atoms with Crippen molar-refractivity contribution in [3.8, 4) is 5.75 Å². The minimum atomic E-state index is -3.94. The standard InChI is InChI=1S/C21H24FN3O4S/c1-25-12-5-3-4-9-20(25)24-30(27,28)17-8-6-7-15(13-17)23-21(26)18-11-10-16(29-2)14-19(18)22/h6-8,10-11,13-14H,3-5,9,12H2,1-2H3,(H,23,26)/b24-20-. The summed E-state index contributed by atoms with van der Waals surface area (Å²) in [5.74, 6) is -0.611. The number of amides is 1. The van der Waals surface area contributed by atoms with Gasteiger partial charge in [-0.05, 0) is 43.2 Å². The average molecular weight is 434 g/mol. The lowest BCUT2D eigenvalue weighted by Gasteiger charge is -2.17. The number of carbonyl (C=O) groups is 1. The van der Waals surface area contributed by atoms with Gasteiger partial charge in [0.2, 0.25) is 0 Å². The molecule has 1 aliphatic heterocycles. The summed E-state index contributed by atoms with van der Waals surface area (Å²) < 4.78 is 48.7. The average Bonchev–Trinajstić information content (AvgIpc) is 2.91. The molecule has 1 aliphatic rings. The van der Waals surface area contributed by atoms with Crippen LogP contribution in [0.5, 0.6) is 5.75 Å². The van der Waals surface area contributed by atoms with Gasteiger partial charge >= 0.3 is 0 Å². The molecule has 0 bridgehead atoms. The highest BCUT2D eigenvalue weighted by atomic mass is 32.2. The van der Waals surface area contributed by atoms with E-state index in [1.54, 1.807) is 0 Å². The molecule has 0 atom stereocenters. The number of hydrogen-bond donors (Lipinski definition) is 1. The number of rotatable bonds is 5. The van der Waals surface area contributed by atoms with Crippen LogP contribution in [-0.2, 0) is 10.0 Å². The largest absolute Gasteiger partial charge is 0.497 e. The van der Waals surface area contributed by atoms with Crippen LogP contribution in [0.4, 0.5) is 10.1 Å². The van der Waals surface area contributed by atoms with E-state index in [4.69, 9.17) is 4.74 Å². The van der Waals surface area contributed by atoms with Gasteiger partial charge in [-0.15, -0.1) is 4.40 Å². The van der Waals surface area contributed by atoms with Crippen molar-refractivity contribution in [1.82, 2.24) is 4.90 Å². The van der Waals surface area contributed by atoms with E-state index in [0.29, 0.717) is 18.0 Å². The fourth-order valence-electron chi connectivity index (χ4n) is 3.18. The molecule has 7 nitrogen and oxygen atoms in total. The lowest BCUT2D eigenvalue weighted by atomic mass is 10.2. The molecule has 160 valence electrons. The fraction of sp³-hybridized carbons (Fsp3) is 0.333. The number of benzene rings is 2. The summed E-state index contributed by atoms with van der Waals surface area (Å²) in [5, 5.41) is 2.53. The Morgan fingerprint density at radius 1 is 1.17 bits per heavy atom. The van der Waals surface area contributed by atoms with Gasteiger partial charge in [-0.2, -0.15) is 8.42 Å². The maximum absolute atomic E-state index is 14.1. The molecule has 3 rings (SSSR count). The van der Waals surface area contributed by atoms with Crippen LogP contribution in [0.3, 0.4) is 0 Å². The second-order valence-electron chi connectivity index (χ2n) is 7.04. The molecule has 1 N–H and O–H groups in total. The highest BCUT2D eigenvalue weighted by molar-refractivity contribution is 7.90. The number of ether oxygens (including phenoxy) is 1. The quantitative estimate of drug-likeness (QED) is 0.777. The first-order valence-electron chi connectivity index (χ1n) is 9.60. The van der Waals surface area contributed by atoms with Crippen LogP contribution >= 0.6 is 0 Å². The minimum absolute atomic E-state index is 0.0411. The normalized spacial score (nSPS) is 16.2. The molecule has 1 fully saturated rings. The molecule has 0 aliphatic carbocycles. The molecule has 9 heteroatoms. The third-order valence-electron chi connectivity index (χ3n) is 4.87. The Hall–Kier alpha value is -2.94. The van der Waals surface area contributed by atoms with Gasteiger partial charge in [0.15, 0.2) is 0 Å². The highest BCUT2D eigenvalue weighted by Gasteiger charge is 2.19. The molecule has 30 heavy (non-hydrogen) atoms. The predicted octanol–water partition coefficient (Wildman–Crippen LogP) is 3.68. The monoisotopic (exact) mass is 433 g/mol. The summed E-state index contributed by atoms with van der Waals surface area (Å²) >= 11 is 0. The number of halogens is 1. The molecule has 0 saturated carbocycles. The molecule has 1 saturated heterocycles. The Morgan fingerprint density at radius 2 is 1.97 bits per heavy atom. The lowest BCUT2D eigenvalue weighted by Crippen LogP contribution is -2.26. The van der Waals surface area contributed by atoms with E-state index in [0.717, 1.165) is 31.9 Å². The number of carbonyl (C=O) groups excluding carboxylic acids is 1. The van der Waals surface area contributed by atoms with Crippen LogP contribution in [0.25, 0.3) is 0 Å². The summed E-state index contributed by atoms with van der Waals surface area (Å²) in [6.07, 6.45) is 3.52. The van der Waals surface area contributed by atoms with Crippen LogP contribution < -0.4 is 10.1 Å². The summed E-state index contributed by atoms with van der Waals surface area (Å²) in [7, 11) is -0.712. The molecule has 0 spiro atoms. The Labute approximate surface area is 175 Å². The van der Waals surface area contributed by atoms with E-state index in [2.05, 4.69) is 9.71 Å². The maximum Gasteiger partial charge on any atom is 0.284 e. The van der Waals surface area contributed by atoms with Crippen molar-refractivity contribution >= 4 is 27.5 Å². The Morgan fingerprint density at radius 3 is 2.70 bits per heavy atom. The molecule has 1 heterocycles. The summed E-state index contributed by atoms with van der Waals surface area (Å²) in [6.45, 7) is 0.762. The van der Waals surface area contributed by atoms with Gasteiger partial charge in [-0.25, -0.2) is 4.39 Å². The SMILES string of the molecule is COc1ccc(C(=O)Nc2cccc(S(=O)(=O)/N=C3/CCCCCN3C)c2)c(F)c1. The third-order valence-corrected chi connectivity index (χ3v) is 6.17. The van der Waals surface area contributed by atoms with Gasteiger partial charge in [-0.1, -0.05) is 12.5 Å². The van der Waals surface area contributed by atoms with E-state index in [9.17, 15) is 17.6 Å². The van der Waals surface area contributed by atoms with Crippen molar-refractivity contribution in [3.63, 3.8) is 0 Å². The first-order chi connectivity index (χ1) is 14.3. The van der Waals surface area contributed by atoms with Gasteiger partial charge in [0.25, 0.3) is 15.9 Å². The van der Waals surface area contributed by atoms with Crippen molar-refractivity contribution in [2.45, 2.75) is 30.6 Å². The topological polar surface area (TPSA) is 88.1 Å². The second kappa shape index (κ2) is 9.25. The van der Waals surface area contributed by atoms with Gasteiger partial charge in [0.05, 0.1) is 17.6 Å². The van der Waals surface area contributed by atoms with Crippen molar-refractivity contribution < 1.29 is 22.3 Å². The highest BCUT2D eigenvalue weighted by Crippen LogP contribution is 2.22. The zero-order chi connectivity index (χ0) is 21.7. The van der Waals surface area contributed by atoms with Crippen LogP contribution in [0, 0.1) is 5.82 Å². The van der Waals surface area contributed by atoms with Gasteiger partial charge in [0.1, 0.15) is 17.4 Å². The van der Waals surface area contributed by atoms with Crippen molar-refractivity contribution in [1.29, 1.82) is 0 Å². The van der Waals surface area contributed by atoms with E-state index in [1.165, 1.54) is 43.5 Å². The summed E-state index contributed by atoms with van der Waals surface area (Å²) in [5.41, 5.74) is 0.0510. The van der Waals surface area contributed by atoms with Crippen molar-refractivity contribution in [2.75, 3.05) is 26.0 Å². The van der Waals surface area contributed by atoms with Crippen LogP contribution in [0.15, 0.2) is 51.8 Å². The van der Waals surface area contributed by atoms with E-state index in [-0.39, 0.29) is 16.1 Å². The number of hydrogen-bond acceptors (Lipinski definition) is 4. The molecule has 0 radical (unpaired) electrons. The van der Waals surface area contributed by atoms with Gasteiger partial charge in [-0.3, -0.25) is 4.79 Å². The Kier molecular flexibility index (Phi) is 6.71. The molecular formula is C21H24FN3O4S. The predicted molar refractivity (Wildman–Crippen MR) is 113 cm³/mol. The minimum Gasteiger partial charge on any atom is -0.497 e. The van der Waals surface area contributed by atoms with Crippen molar-refractivity contribution in [3.05, 3.63) is 53.8 Å². The number of nitrogens with one attached hydrogen (secondary N) is 1. The number of likely N-dealkylation sites (tertiary alicyclic amines) is 1. The van der Waals surface area contributed by atoms with E-state index < -0.39 is 21.7 Å². The lowest BCUT2D eigenvalue weighted by molar-refractivity contribution is 0.102. The Bertz CT molecular complexity index is 1070. The van der Waals surface area contributed by atoms with Gasteiger partial charge in [0, 0.05) is 31.8 Å².